The van der Waals surface area contributed by atoms with Gasteiger partial charge >= 0.3 is 18.2 Å². The number of aromatic nitrogens is 2. The number of carbonyl (C=O) groups excluding carboxylic acids is 3. The van der Waals surface area contributed by atoms with E-state index in [0.29, 0.717) is 44.6 Å². The van der Waals surface area contributed by atoms with Gasteiger partial charge in [-0.05, 0) is 54.9 Å². The predicted octanol–water partition coefficient (Wildman–Crippen LogP) is 4.93. The number of carboxylic acids is 1. The van der Waals surface area contributed by atoms with Crippen molar-refractivity contribution in [2.24, 2.45) is 16.9 Å². The first-order valence-corrected chi connectivity index (χ1v) is 16.3. The lowest BCUT2D eigenvalue weighted by atomic mass is 9.84. The van der Waals surface area contributed by atoms with Crippen molar-refractivity contribution >= 4 is 23.7 Å². The van der Waals surface area contributed by atoms with Gasteiger partial charge in [0.05, 0.1) is 17.8 Å². The van der Waals surface area contributed by atoms with E-state index in [1.54, 1.807) is 11.1 Å². The lowest BCUT2D eigenvalue weighted by Crippen LogP contribution is -2.44. The number of Topliss-reactive ketones (excluding diaryl/α,β-unsaturated/α-hetero) is 1. The molecular formula is C35H45F5N6O6. The fourth-order valence-corrected chi connectivity index (χ4v) is 5.32. The average Bonchev–Trinajstić information content (AvgIpc) is 3.46. The van der Waals surface area contributed by atoms with Gasteiger partial charge in [0, 0.05) is 37.8 Å². The zero-order chi connectivity index (χ0) is 39.2. The molecule has 3 aromatic rings. The number of amides is 3. The molecule has 0 spiro atoms. The van der Waals surface area contributed by atoms with E-state index in [4.69, 9.17) is 26.4 Å². The summed E-state index contributed by atoms with van der Waals surface area (Å²) in [5.74, 6) is -4.18. The van der Waals surface area contributed by atoms with E-state index >= 15 is 0 Å². The molecule has 0 aliphatic rings. The number of nitrogens with two attached hydrogens (primary N) is 2. The Balaban J connectivity index is 0.00000121. The second-order valence-corrected chi connectivity index (χ2v) is 13.0. The van der Waals surface area contributed by atoms with E-state index in [9.17, 15) is 41.4 Å². The molecule has 2 aromatic carbocycles. The van der Waals surface area contributed by atoms with E-state index in [1.807, 2.05) is 55.7 Å². The van der Waals surface area contributed by atoms with E-state index in [2.05, 4.69) is 5.32 Å². The van der Waals surface area contributed by atoms with Gasteiger partial charge < -0.3 is 36.5 Å². The average molecular weight is 741 g/mol. The van der Waals surface area contributed by atoms with Crippen LogP contribution in [0.4, 0.5) is 26.7 Å². The quantitative estimate of drug-likeness (QED) is 0.101. The van der Waals surface area contributed by atoms with Crippen LogP contribution in [0.25, 0.3) is 11.3 Å². The van der Waals surface area contributed by atoms with Gasteiger partial charge in [-0.2, -0.15) is 13.2 Å². The van der Waals surface area contributed by atoms with Crippen molar-refractivity contribution in [1.82, 2.24) is 19.8 Å². The Morgan fingerprint density at radius 3 is 2.19 bits per heavy atom. The lowest BCUT2D eigenvalue weighted by molar-refractivity contribution is -0.192. The lowest BCUT2D eigenvalue weighted by Gasteiger charge is -2.40. The summed E-state index contributed by atoms with van der Waals surface area (Å²) in [6.07, 6.45) is -1.41. The van der Waals surface area contributed by atoms with Gasteiger partial charge in [0.2, 0.25) is 5.91 Å². The van der Waals surface area contributed by atoms with Crippen LogP contribution in [0.2, 0.25) is 0 Å². The smallest absolute Gasteiger partial charge is 0.475 e. The summed E-state index contributed by atoms with van der Waals surface area (Å²) in [6, 6.07) is 10.8. The molecule has 12 nitrogen and oxygen atoms in total. The minimum Gasteiger partial charge on any atom is -0.475 e. The first-order valence-electron chi connectivity index (χ1n) is 16.3. The molecule has 0 saturated heterocycles. The Morgan fingerprint density at radius 2 is 1.63 bits per heavy atom. The number of benzene rings is 2. The largest absolute Gasteiger partial charge is 0.490 e. The number of hydrogen-bond acceptors (Lipinski definition) is 7. The van der Waals surface area contributed by atoms with E-state index in [1.165, 1.54) is 0 Å². The number of hydrogen-bond donors (Lipinski definition) is 5. The highest BCUT2D eigenvalue weighted by Crippen LogP contribution is 2.39. The summed E-state index contributed by atoms with van der Waals surface area (Å²) in [5.41, 5.74) is 11.6. The molecule has 52 heavy (non-hydrogen) atoms. The summed E-state index contributed by atoms with van der Waals surface area (Å²) in [4.78, 5) is 51.9. The van der Waals surface area contributed by atoms with Gasteiger partial charge in [-0.25, -0.2) is 23.4 Å². The number of urea groups is 1. The number of rotatable bonds is 16. The topological polar surface area (TPSA) is 194 Å². The Hall–Kier alpha value is -4.90. The number of unbranched alkanes of at least 4 members (excludes halogenated alkanes) is 1. The van der Waals surface area contributed by atoms with E-state index in [-0.39, 0.29) is 30.0 Å². The van der Waals surface area contributed by atoms with Gasteiger partial charge in [-0.15, -0.1) is 0 Å². The molecule has 7 N–H and O–H groups in total. The number of nitrogens with one attached hydrogen (secondary N) is 1. The highest BCUT2D eigenvalue weighted by atomic mass is 19.4. The van der Waals surface area contributed by atoms with Crippen LogP contribution in [-0.4, -0.2) is 80.3 Å². The van der Waals surface area contributed by atoms with Crippen molar-refractivity contribution in [3.63, 3.8) is 0 Å². The first-order chi connectivity index (χ1) is 24.3. The first kappa shape index (κ1) is 43.3. The number of ketones is 1. The summed E-state index contributed by atoms with van der Waals surface area (Å²) in [5, 5.41) is 19.5. The molecular weight excluding hydrogens is 695 g/mol. The summed E-state index contributed by atoms with van der Waals surface area (Å²) < 4.78 is 62.6. The number of aliphatic hydroxyl groups is 1. The molecule has 0 aliphatic carbocycles. The second kappa shape index (κ2) is 19.6. The van der Waals surface area contributed by atoms with Crippen molar-refractivity contribution in [2.45, 2.75) is 77.7 Å². The maximum absolute atomic E-state index is 14.9. The molecule has 1 heterocycles. The molecule has 0 saturated carbocycles. The molecule has 0 bridgehead atoms. The van der Waals surface area contributed by atoms with E-state index in [0.717, 1.165) is 23.8 Å². The number of imidazole rings is 1. The zero-order valence-electron chi connectivity index (χ0n) is 29.1. The van der Waals surface area contributed by atoms with Gasteiger partial charge in [0.1, 0.15) is 29.8 Å². The molecule has 0 fully saturated rings. The van der Waals surface area contributed by atoms with Crippen LogP contribution < -0.4 is 16.8 Å². The van der Waals surface area contributed by atoms with Crippen LogP contribution in [0, 0.1) is 17.0 Å². The number of carboxylic acid groups (broad SMARTS) is 1. The Kier molecular flexibility index (Phi) is 16.3. The molecule has 1 aromatic heterocycles. The van der Waals surface area contributed by atoms with Gasteiger partial charge in [0.25, 0.3) is 0 Å². The van der Waals surface area contributed by atoms with Crippen LogP contribution in [-0.2, 0) is 20.9 Å². The van der Waals surface area contributed by atoms with Crippen molar-refractivity contribution < 1.29 is 51.3 Å². The molecule has 0 aliphatic heterocycles. The molecule has 17 heteroatoms. The van der Waals surface area contributed by atoms with E-state index < -0.39 is 59.8 Å². The van der Waals surface area contributed by atoms with Crippen LogP contribution in [0.15, 0.2) is 54.7 Å². The summed E-state index contributed by atoms with van der Waals surface area (Å²) in [6.45, 7) is 5.99. The number of alkyl halides is 3. The zero-order valence-corrected chi connectivity index (χ0v) is 29.1. The van der Waals surface area contributed by atoms with Gasteiger partial charge in [-0.1, -0.05) is 51.1 Å². The maximum Gasteiger partial charge on any atom is 0.490 e. The van der Waals surface area contributed by atoms with Crippen molar-refractivity contribution in [3.05, 3.63) is 77.8 Å². The van der Waals surface area contributed by atoms with Crippen molar-refractivity contribution in [3.8, 4) is 11.3 Å². The van der Waals surface area contributed by atoms with Crippen LogP contribution >= 0.6 is 0 Å². The number of aliphatic carboxylic acids is 1. The normalized spacial score (nSPS) is 12.7. The Labute approximate surface area is 298 Å². The minimum absolute atomic E-state index is 0.00369. The Bertz CT molecular complexity index is 1650. The van der Waals surface area contributed by atoms with Crippen LogP contribution in [0.3, 0.4) is 0 Å². The van der Waals surface area contributed by atoms with Crippen LogP contribution in [0.5, 0.6) is 0 Å². The fourth-order valence-electron chi connectivity index (χ4n) is 5.32. The van der Waals surface area contributed by atoms with Crippen LogP contribution in [0.1, 0.15) is 70.3 Å². The maximum atomic E-state index is 14.9. The molecule has 2 atom stereocenters. The highest BCUT2D eigenvalue weighted by molar-refractivity contribution is 5.83. The van der Waals surface area contributed by atoms with Gasteiger partial charge in [0.15, 0.2) is 0 Å². The second-order valence-electron chi connectivity index (χ2n) is 13.0. The third-order valence-electron chi connectivity index (χ3n) is 7.76. The number of nitrogens with zero attached hydrogens (tertiary/aromatic N) is 3. The molecule has 3 amide bonds. The fraction of sp³-hybridized carbons (Fsp3) is 0.457. The number of aliphatic hydroxyl groups excluding tert-OH is 1. The minimum atomic E-state index is -5.08. The molecule has 3 rings (SSSR count). The summed E-state index contributed by atoms with van der Waals surface area (Å²) in [7, 11) is 0. The Morgan fingerprint density at radius 1 is 1.00 bits per heavy atom. The molecule has 286 valence electrons. The monoisotopic (exact) mass is 740 g/mol. The van der Waals surface area contributed by atoms with Crippen molar-refractivity contribution in [1.29, 1.82) is 0 Å². The number of carbonyl (C=O) groups is 4. The number of halogens is 5. The highest BCUT2D eigenvalue weighted by Gasteiger charge is 2.39. The molecule has 0 unspecified atom stereocenters. The number of primary amides is 1. The summed E-state index contributed by atoms with van der Waals surface area (Å²) >= 11 is 0. The SMILES string of the molecule is CC(C)(C)[C@H](c1nc(-c2cc(F)ccc2F)cn1Cc1ccccc1)N(CCCCC(=O)[C@@H](N)CCCNC(N)=O)C(=O)CO.O=C(O)C(F)(F)F. The standard InChI is InChI=1S/C33H44F2N6O4.C2HF3O2/c1-33(2,3)30(41(29(44)21-42)17-8-7-13-28(43)26(36)12-9-16-38-32(37)45)31-39-27(24-18-23(34)14-15-25(24)35)20-40(31)19-22-10-5-4-6-11-22;3-2(4,5)1(6)7/h4-6,10-11,14-15,18,20,26,30,42H,7-9,12-13,16-17,19,21,36H2,1-3H3,(H3,37,38,45);(H,6,7)/t26-,30-;/m0./s1. The van der Waals surface area contributed by atoms with Crippen molar-refractivity contribution in [2.75, 3.05) is 19.7 Å². The molecule has 0 radical (unpaired) electrons. The predicted molar refractivity (Wildman–Crippen MR) is 181 cm³/mol. The van der Waals surface area contributed by atoms with Gasteiger partial charge in [-0.3, -0.25) is 9.59 Å². The third kappa shape index (κ3) is 13.7. The third-order valence-corrected chi connectivity index (χ3v) is 7.76.